The Kier molecular flexibility index (Phi) is 1.01. The summed E-state index contributed by atoms with van der Waals surface area (Å²) in [4.78, 5) is 10.6. The van der Waals surface area contributed by atoms with E-state index in [2.05, 4.69) is 0 Å². The van der Waals surface area contributed by atoms with Crippen molar-refractivity contribution in [2.24, 2.45) is 0 Å². The number of rotatable bonds is 0. The molecule has 1 saturated heterocycles. The van der Waals surface area contributed by atoms with Crippen molar-refractivity contribution in [3.05, 3.63) is 0 Å². The van der Waals surface area contributed by atoms with Crippen LogP contribution < -0.4 is 0 Å². The number of carbonyl (C=O) groups is 1. The first-order valence-corrected chi connectivity index (χ1v) is 2.63. The highest BCUT2D eigenvalue weighted by molar-refractivity contribution is 5.60. The molecule has 8 heavy (non-hydrogen) atoms. The number of ether oxygens (including phenoxy) is 1. The molecule has 0 aromatic rings. The predicted octanol–water partition coefficient (Wildman–Crippen LogP) is 0.213. The van der Waals surface area contributed by atoms with Gasteiger partial charge in [-0.3, -0.25) is 0 Å². The fourth-order valence-electron chi connectivity index (χ4n) is 0.627. The maximum absolute atomic E-state index is 10.6. The van der Waals surface area contributed by atoms with Gasteiger partial charge in [-0.1, -0.05) is 0 Å². The van der Waals surface area contributed by atoms with Crippen molar-refractivity contribution in [3.8, 4) is 0 Å². The molecule has 0 aliphatic carbocycles. The van der Waals surface area contributed by atoms with E-state index in [0.717, 1.165) is 6.54 Å². The number of nitrogens with zero attached hydrogens (tertiary/aromatic N) is 1. The van der Waals surface area contributed by atoms with Gasteiger partial charge in [0.1, 0.15) is 13.2 Å². The highest BCUT2D eigenvalue weighted by atomic mass is 16.6. The van der Waals surface area contributed by atoms with Crippen molar-refractivity contribution in [2.75, 3.05) is 27.2 Å². The highest BCUT2D eigenvalue weighted by Crippen LogP contribution is 2.07. The molecule has 0 atom stereocenters. The minimum absolute atomic E-state index is 0.120. The lowest BCUT2D eigenvalue weighted by molar-refractivity contribution is -0.800. The van der Waals surface area contributed by atoms with E-state index in [1.165, 1.54) is 0 Å². The van der Waals surface area contributed by atoms with Gasteiger partial charge in [0.25, 0.3) is 0 Å². The molecule has 0 spiro atoms. The van der Waals surface area contributed by atoms with Crippen LogP contribution in [0.1, 0.15) is 0 Å². The molecule has 0 aromatic heterocycles. The van der Waals surface area contributed by atoms with Crippen LogP contribution in [0.25, 0.3) is 0 Å². The summed E-state index contributed by atoms with van der Waals surface area (Å²) in [5.74, 6) is 0. The van der Waals surface area contributed by atoms with Crippen LogP contribution in [0.4, 0.5) is 4.79 Å². The summed E-state index contributed by atoms with van der Waals surface area (Å²) >= 11 is 0. The summed E-state index contributed by atoms with van der Waals surface area (Å²) in [6.07, 6.45) is -0.120. The van der Waals surface area contributed by atoms with E-state index in [1.807, 2.05) is 14.1 Å². The van der Waals surface area contributed by atoms with Crippen molar-refractivity contribution < 1.29 is 14.0 Å². The molecular weight excluding hydrogens is 106 g/mol. The van der Waals surface area contributed by atoms with Crippen LogP contribution in [0.3, 0.4) is 0 Å². The largest absolute Gasteiger partial charge is 0.515 e. The fraction of sp³-hybridized carbons (Fsp3) is 0.800. The Bertz CT molecular complexity index is 120. The Labute approximate surface area is 48.4 Å². The molecule has 0 saturated carbocycles. The lowest BCUT2D eigenvalue weighted by atomic mass is 10.6. The van der Waals surface area contributed by atoms with Gasteiger partial charge in [0.05, 0.1) is 14.1 Å². The summed E-state index contributed by atoms with van der Waals surface area (Å²) in [7, 11) is 3.69. The smallest absolute Gasteiger partial charge is 0.414 e. The van der Waals surface area contributed by atoms with E-state index in [0.29, 0.717) is 11.1 Å². The molecular formula is C5H10NO2+. The number of hydrogen-bond acceptors (Lipinski definition) is 2. The number of cyclic esters (lactones) is 1. The van der Waals surface area contributed by atoms with E-state index >= 15 is 0 Å². The first kappa shape index (κ1) is 5.56. The molecule has 0 bridgehead atoms. The van der Waals surface area contributed by atoms with E-state index in [9.17, 15) is 4.79 Å². The minimum atomic E-state index is -0.120. The van der Waals surface area contributed by atoms with Crippen LogP contribution in [-0.2, 0) is 4.74 Å². The van der Waals surface area contributed by atoms with Crippen molar-refractivity contribution in [3.63, 3.8) is 0 Å². The molecule has 3 heteroatoms. The normalized spacial score (nSPS) is 25.5. The van der Waals surface area contributed by atoms with Crippen LogP contribution in [0.15, 0.2) is 0 Å². The zero-order chi connectivity index (χ0) is 6.20. The first-order chi connectivity index (χ1) is 3.63. The van der Waals surface area contributed by atoms with Gasteiger partial charge in [0.15, 0.2) is 0 Å². The molecule has 0 aromatic carbocycles. The molecule has 1 rings (SSSR count). The number of likely N-dealkylation sites (N-methyl/N-ethyl adjacent to an activating group) is 1. The van der Waals surface area contributed by atoms with Crippen molar-refractivity contribution in [1.82, 2.24) is 0 Å². The predicted molar refractivity (Wildman–Crippen MR) is 28.3 cm³/mol. The average Bonchev–Trinajstić information content (AvgIpc) is 1.86. The Morgan fingerprint density at radius 3 is 2.38 bits per heavy atom. The fourth-order valence-corrected chi connectivity index (χ4v) is 0.627. The third-order valence-corrected chi connectivity index (χ3v) is 1.37. The number of hydrogen-bond donors (Lipinski definition) is 0. The molecule has 1 aliphatic heterocycles. The van der Waals surface area contributed by atoms with Crippen molar-refractivity contribution >= 4 is 6.09 Å². The van der Waals surface area contributed by atoms with Crippen LogP contribution in [0.2, 0.25) is 0 Å². The van der Waals surface area contributed by atoms with Gasteiger partial charge in [0, 0.05) is 0 Å². The van der Waals surface area contributed by atoms with Crippen molar-refractivity contribution in [2.45, 2.75) is 0 Å². The summed E-state index contributed by atoms with van der Waals surface area (Å²) in [6.45, 7) is 1.38. The molecule has 0 unspecified atom stereocenters. The van der Waals surface area contributed by atoms with Crippen LogP contribution in [-0.4, -0.2) is 37.8 Å². The second kappa shape index (κ2) is 1.45. The van der Waals surface area contributed by atoms with Crippen LogP contribution >= 0.6 is 0 Å². The molecule has 1 heterocycles. The van der Waals surface area contributed by atoms with Gasteiger partial charge in [0.2, 0.25) is 0 Å². The minimum Gasteiger partial charge on any atom is -0.414 e. The lowest BCUT2D eigenvalue weighted by Gasteiger charge is -2.13. The van der Waals surface area contributed by atoms with Gasteiger partial charge >= 0.3 is 6.09 Å². The first-order valence-electron chi connectivity index (χ1n) is 2.63. The maximum Gasteiger partial charge on any atom is 0.515 e. The van der Waals surface area contributed by atoms with Crippen molar-refractivity contribution in [1.29, 1.82) is 0 Å². The summed E-state index contributed by atoms with van der Waals surface area (Å²) in [6, 6.07) is 0. The summed E-state index contributed by atoms with van der Waals surface area (Å²) in [5, 5.41) is 0. The third-order valence-electron chi connectivity index (χ3n) is 1.37. The standard InChI is InChI=1S/C5H10NO2/c1-6(2)3-4-8-5(6)7/h3-4H2,1-2H3/q+1. The molecule has 1 fully saturated rings. The third kappa shape index (κ3) is 0.690. The molecule has 1 aliphatic rings. The van der Waals surface area contributed by atoms with Gasteiger partial charge in [-0.25, -0.2) is 4.48 Å². The monoisotopic (exact) mass is 116 g/mol. The Morgan fingerprint density at radius 2 is 2.25 bits per heavy atom. The zero-order valence-electron chi connectivity index (χ0n) is 5.18. The Balaban J connectivity index is 2.68. The maximum atomic E-state index is 10.6. The van der Waals surface area contributed by atoms with Crippen LogP contribution in [0, 0.1) is 0 Å². The quantitative estimate of drug-likeness (QED) is 0.423. The topological polar surface area (TPSA) is 26.3 Å². The lowest BCUT2D eigenvalue weighted by Crippen LogP contribution is -2.39. The van der Waals surface area contributed by atoms with Gasteiger partial charge in [-0.2, -0.15) is 4.79 Å². The summed E-state index contributed by atoms with van der Waals surface area (Å²) < 4.78 is 5.08. The number of amides is 1. The Morgan fingerprint density at radius 1 is 1.62 bits per heavy atom. The average molecular weight is 116 g/mol. The van der Waals surface area contributed by atoms with E-state index in [1.54, 1.807) is 0 Å². The zero-order valence-corrected chi connectivity index (χ0v) is 5.18. The highest BCUT2D eigenvalue weighted by Gasteiger charge is 2.34. The molecule has 1 amide bonds. The second-order valence-corrected chi connectivity index (χ2v) is 2.52. The van der Waals surface area contributed by atoms with Gasteiger partial charge < -0.3 is 4.74 Å². The summed E-state index contributed by atoms with van der Waals surface area (Å²) in [5.41, 5.74) is 0. The van der Waals surface area contributed by atoms with E-state index in [-0.39, 0.29) is 6.09 Å². The number of carbonyl (C=O) groups excluding carboxylic acids is 1. The molecule has 3 nitrogen and oxygen atoms in total. The molecule has 0 N–H and O–H groups in total. The second-order valence-electron chi connectivity index (χ2n) is 2.52. The van der Waals surface area contributed by atoms with Gasteiger partial charge in [-0.15, -0.1) is 0 Å². The molecule has 46 valence electrons. The Hall–Kier alpha value is -0.570. The number of quaternary nitrogens is 1. The molecule has 0 radical (unpaired) electrons. The SMILES string of the molecule is C[N+]1(C)CCOC1=O. The van der Waals surface area contributed by atoms with Gasteiger partial charge in [-0.05, 0) is 0 Å². The van der Waals surface area contributed by atoms with Crippen LogP contribution in [0.5, 0.6) is 0 Å². The van der Waals surface area contributed by atoms with E-state index in [4.69, 9.17) is 4.74 Å². The van der Waals surface area contributed by atoms with E-state index < -0.39 is 0 Å².